The Labute approximate surface area is 339 Å². The molecule has 2 aliphatic rings. The summed E-state index contributed by atoms with van der Waals surface area (Å²) in [6, 6.07) is 0. The van der Waals surface area contributed by atoms with Crippen LogP contribution in [-0.4, -0.2) is 142 Å². The number of rotatable bonds is 30. The number of ether oxygens (including phenoxy) is 6. The molecule has 14 nitrogen and oxygen atoms in total. The van der Waals surface area contributed by atoms with Gasteiger partial charge >= 0.3 is 5.97 Å². The summed E-state index contributed by atoms with van der Waals surface area (Å²) in [6.45, 7) is 3.39. The number of unbranched alkanes of at least 4 members (excludes halogenated alkanes) is 6. The van der Waals surface area contributed by atoms with E-state index < -0.39 is 86.7 Å². The monoisotopic (exact) mass is 812 g/mol. The van der Waals surface area contributed by atoms with Crippen molar-refractivity contribution in [3.05, 3.63) is 60.8 Å². The van der Waals surface area contributed by atoms with Crippen molar-refractivity contribution in [2.75, 3.05) is 33.0 Å². The molecule has 0 bridgehead atoms. The molecule has 0 aromatic carbocycles. The number of aliphatic hydroxyl groups excluding tert-OH is 7. The molecule has 2 aliphatic heterocycles. The minimum Gasteiger partial charge on any atom is -0.457 e. The fourth-order valence-electron chi connectivity index (χ4n) is 6.08. The maximum atomic E-state index is 12.8. The number of esters is 1. The molecule has 0 saturated carbocycles. The van der Waals surface area contributed by atoms with Gasteiger partial charge in [-0.2, -0.15) is 0 Å². The van der Waals surface area contributed by atoms with Gasteiger partial charge in [0.05, 0.1) is 26.4 Å². The Bertz CT molecular complexity index is 1170. The van der Waals surface area contributed by atoms with Crippen LogP contribution in [0.4, 0.5) is 0 Å². The molecule has 0 aliphatic carbocycles. The van der Waals surface area contributed by atoms with Gasteiger partial charge in [0.2, 0.25) is 0 Å². The van der Waals surface area contributed by atoms with Gasteiger partial charge in [0.25, 0.3) is 0 Å². The van der Waals surface area contributed by atoms with E-state index in [4.69, 9.17) is 28.4 Å². The van der Waals surface area contributed by atoms with Crippen LogP contribution >= 0.6 is 0 Å². The first-order chi connectivity index (χ1) is 27.6. The SMILES string of the molecule is CC/C=C\C/C=C\C/C=C\C/C=C\C/C=C\CCCC(=O)OC(COCCCCCCCC)COC1OC(COC2OC(CO)C(O)C(O)C2O)C(O)C(O)C1O. The second-order valence-electron chi connectivity index (χ2n) is 14.4. The zero-order valence-corrected chi connectivity index (χ0v) is 34.0. The Morgan fingerprint density at radius 2 is 1.12 bits per heavy atom. The highest BCUT2D eigenvalue weighted by molar-refractivity contribution is 5.69. The van der Waals surface area contributed by atoms with Crippen LogP contribution in [0, 0.1) is 0 Å². The Kier molecular flexibility index (Phi) is 28.2. The summed E-state index contributed by atoms with van der Waals surface area (Å²) in [4.78, 5) is 12.8. The molecule has 328 valence electrons. The van der Waals surface area contributed by atoms with Crippen molar-refractivity contribution < 1.29 is 69.0 Å². The number of hydrogen-bond acceptors (Lipinski definition) is 14. The molecular weight excluding hydrogens is 740 g/mol. The lowest BCUT2D eigenvalue weighted by molar-refractivity contribution is -0.332. The summed E-state index contributed by atoms with van der Waals surface area (Å²) in [6.07, 6.45) is 17.6. The molecule has 0 amide bonds. The maximum absolute atomic E-state index is 12.8. The number of carbonyl (C=O) groups is 1. The molecule has 11 atom stereocenters. The van der Waals surface area contributed by atoms with Crippen molar-refractivity contribution in [2.45, 2.75) is 171 Å². The Morgan fingerprint density at radius 3 is 1.72 bits per heavy atom. The first kappa shape index (κ1) is 50.8. The normalized spacial score (nSPS) is 29.1. The van der Waals surface area contributed by atoms with Crippen molar-refractivity contribution in [2.24, 2.45) is 0 Å². The Morgan fingerprint density at radius 1 is 0.596 bits per heavy atom. The fraction of sp³-hybridized carbons (Fsp3) is 0.744. The van der Waals surface area contributed by atoms with Crippen LogP contribution in [0.25, 0.3) is 0 Å². The molecule has 11 unspecified atom stereocenters. The van der Waals surface area contributed by atoms with E-state index in [-0.39, 0.29) is 19.6 Å². The number of hydrogen-bond donors (Lipinski definition) is 7. The topological polar surface area (TPSA) is 214 Å². The van der Waals surface area contributed by atoms with E-state index in [0.717, 1.165) is 57.8 Å². The van der Waals surface area contributed by atoms with E-state index in [2.05, 4.69) is 68.5 Å². The zero-order chi connectivity index (χ0) is 41.7. The van der Waals surface area contributed by atoms with E-state index in [1.807, 2.05) is 6.08 Å². The van der Waals surface area contributed by atoms with E-state index in [1.54, 1.807) is 0 Å². The van der Waals surface area contributed by atoms with Crippen LogP contribution in [0.3, 0.4) is 0 Å². The third kappa shape index (κ3) is 21.0. The van der Waals surface area contributed by atoms with Crippen LogP contribution < -0.4 is 0 Å². The molecule has 14 heteroatoms. The van der Waals surface area contributed by atoms with E-state index in [9.17, 15) is 40.5 Å². The summed E-state index contributed by atoms with van der Waals surface area (Å²) < 4.78 is 33.8. The fourth-order valence-corrected chi connectivity index (χ4v) is 6.08. The van der Waals surface area contributed by atoms with Gasteiger partial charge in [-0.1, -0.05) is 107 Å². The lowest BCUT2D eigenvalue weighted by Crippen LogP contribution is -2.61. The molecule has 2 fully saturated rings. The van der Waals surface area contributed by atoms with Crippen molar-refractivity contribution in [1.29, 1.82) is 0 Å². The second kappa shape index (κ2) is 31.6. The van der Waals surface area contributed by atoms with Crippen LogP contribution in [0.1, 0.15) is 104 Å². The molecule has 7 N–H and O–H groups in total. The molecule has 2 heterocycles. The summed E-state index contributed by atoms with van der Waals surface area (Å²) in [5.74, 6) is -0.439. The van der Waals surface area contributed by atoms with E-state index >= 15 is 0 Å². The van der Waals surface area contributed by atoms with Gasteiger partial charge < -0.3 is 64.2 Å². The highest BCUT2D eigenvalue weighted by atomic mass is 16.7. The highest BCUT2D eigenvalue weighted by Gasteiger charge is 2.47. The highest BCUT2D eigenvalue weighted by Crippen LogP contribution is 2.26. The standard InChI is InChI=1S/C43H72O14/c1-3-5-7-9-11-12-13-14-15-16-17-18-19-20-21-22-24-26-35(45)55-32(29-52-27-25-23-10-8-6-4-2)30-53-42-41(51)39(49)37(47)34(57-42)31-54-43-40(50)38(48)36(46)33(28-44)56-43/h5,7,11-12,14-15,17-18,20-21,32-34,36-44,46-51H,3-4,6,8-10,13,16,19,22-31H2,1-2H3/b7-5-,12-11-,15-14-,18-17-,21-20-. The van der Waals surface area contributed by atoms with Gasteiger partial charge in [0.1, 0.15) is 54.9 Å². The molecule has 2 rings (SSSR count). The quantitative estimate of drug-likeness (QED) is 0.0312. The van der Waals surface area contributed by atoms with Gasteiger partial charge in [0, 0.05) is 13.0 Å². The van der Waals surface area contributed by atoms with Crippen molar-refractivity contribution in [3.8, 4) is 0 Å². The van der Waals surface area contributed by atoms with Crippen LogP contribution in [0.5, 0.6) is 0 Å². The summed E-state index contributed by atoms with van der Waals surface area (Å²) in [5.41, 5.74) is 0. The summed E-state index contributed by atoms with van der Waals surface area (Å²) >= 11 is 0. The van der Waals surface area contributed by atoms with Crippen molar-refractivity contribution >= 4 is 5.97 Å². The lowest BCUT2D eigenvalue weighted by atomic mass is 9.98. The summed E-state index contributed by atoms with van der Waals surface area (Å²) in [7, 11) is 0. The molecule has 2 saturated heterocycles. The second-order valence-corrected chi connectivity index (χ2v) is 14.4. The van der Waals surface area contributed by atoms with E-state index in [0.29, 0.717) is 19.4 Å². The average Bonchev–Trinajstić information content (AvgIpc) is 3.20. The molecule has 0 radical (unpaired) electrons. The van der Waals surface area contributed by atoms with Gasteiger partial charge in [-0.05, 0) is 51.4 Å². The number of allylic oxidation sites excluding steroid dienone is 10. The van der Waals surface area contributed by atoms with E-state index in [1.165, 1.54) is 12.8 Å². The number of carbonyl (C=O) groups excluding carboxylic acids is 1. The lowest BCUT2D eigenvalue weighted by Gasteiger charge is -2.42. The first-order valence-corrected chi connectivity index (χ1v) is 20.9. The van der Waals surface area contributed by atoms with Crippen LogP contribution in [-0.2, 0) is 33.2 Å². The average molecular weight is 813 g/mol. The molecule has 0 aromatic heterocycles. The largest absolute Gasteiger partial charge is 0.457 e. The molecular formula is C43H72O14. The van der Waals surface area contributed by atoms with Gasteiger partial charge in [-0.15, -0.1) is 0 Å². The number of aliphatic hydroxyl groups is 7. The van der Waals surface area contributed by atoms with Gasteiger partial charge in [-0.3, -0.25) is 4.79 Å². The minimum atomic E-state index is -1.71. The third-order valence-electron chi connectivity index (χ3n) is 9.54. The van der Waals surface area contributed by atoms with Crippen LogP contribution in [0.2, 0.25) is 0 Å². The summed E-state index contributed by atoms with van der Waals surface area (Å²) in [5, 5.41) is 71.6. The zero-order valence-electron chi connectivity index (χ0n) is 34.0. The molecule has 0 aromatic rings. The van der Waals surface area contributed by atoms with Crippen molar-refractivity contribution in [3.63, 3.8) is 0 Å². The van der Waals surface area contributed by atoms with Gasteiger partial charge in [0.15, 0.2) is 12.6 Å². The van der Waals surface area contributed by atoms with Crippen molar-refractivity contribution in [1.82, 2.24) is 0 Å². The first-order valence-electron chi connectivity index (χ1n) is 20.9. The minimum absolute atomic E-state index is 0.0348. The third-order valence-corrected chi connectivity index (χ3v) is 9.54. The Hall–Kier alpha value is -2.31. The smallest absolute Gasteiger partial charge is 0.306 e. The predicted octanol–water partition coefficient (Wildman–Crippen LogP) is 3.84. The van der Waals surface area contributed by atoms with Crippen LogP contribution in [0.15, 0.2) is 60.8 Å². The predicted molar refractivity (Wildman–Crippen MR) is 215 cm³/mol. The molecule has 57 heavy (non-hydrogen) atoms. The van der Waals surface area contributed by atoms with Gasteiger partial charge in [-0.25, -0.2) is 0 Å². The maximum Gasteiger partial charge on any atom is 0.306 e. The Balaban J connectivity index is 1.83. The molecule has 0 spiro atoms.